The minimum atomic E-state index is -0.596. The molecule has 0 atom stereocenters. The van der Waals surface area contributed by atoms with E-state index >= 15 is 0 Å². The Bertz CT molecular complexity index is 950. The number of ether oxygens (including phenoxy) is 2. The van der Waals surface area contributed by atoms with Gasteiger partial charge in [0.05, 0.1) is 11.1 Å². The summed E-state index contributed by atoms with van der Waals surface area (Å²) < 4.78 is 16.3. The Balaban J connectivity index is 1.20. The van der Waals surface area contributed by atoms with Gasteiger partial charge >= 0.3 is 0 Å². The van der Waals surface area contributed by atoms with Crippen molar-refractivity contribution in [2.24, 2.45) is 0 Å². The predicted molar refractivity (Wildman–Crippen MR) is 102 cm³/mol. The van der Waals surface area contributed by atoms with Crippen molar-refractivity contribution in [3.8, 4) is 22.8 Å². The molecule has 152 valence electrons. The number of carbonyl (C=O) groups is 2. The smallest absolute Gasteiger partial charge is 0.232 e. The van der Waals surface area contributed by atoms with E-state index in [1.165, 1.54) is 0 Å². The lowest BCUT2D eigenvalue weighted by Crippen LogP contribution is -2.37. The number of nitrogens with one attached hydrogen (secondary N) is 1. The van der Waals surface area contributed by atoms with Crippen LogP contribution in [-0.2, 0) is 15.0 Å². The summed E-state index contributed by atoms with van der Waals surface area (Å²) in [6.07, 6.45) is 3.86. The number of fused-ring (bicyclic) bond motifs is 1. The number of likely N-dealkylation sites (tertiary alicyclic amines) is 1. The lowest BCUT2D eigenvalue weighted by Gasteiger charge is -2.16. The molecule has 1 saturated heterocycles. The first-order valence-electron chi connectivity index (χ1n) is 10.1. The summed E-state index contributed by atoms with van der Waals surface area (Å²) in [7, 11) is 0. The summed E-state index contributed by atoms with van der Waals surface area (Å²) in [6, 6.07) is 7.42. The second-order valence-corrected chi connectivity index (χ2v) is 7.82. The van der Waals surface area contributed by atoms with Crippen molar-refractivity contribution in [3.05, 3.63) is 30.0 Å². The Kier molecular flexibility index (Phi) is 4.41. The standard InChI is InChI=1S/C21H23N3O5/c25-19-3-1-9-24(19)10-2-8-22-20(26)21(6-7-21)18-12-16(29-23-18)14-4-5-15-17(11-14)28-13-27-15/h4-5,11-12H,1-3,6-10,13H2,(H,22,26). The summed E-state index contributed by atoms with van der Waals surface area (Å²) in [5.41, 5.74) is 0.901. The van der Waals surface area contributed by atoms with Crippen molar-refractivity contribution in [3.63, 3.8) is 0 Å². The van der Waals surface area contributed by atoms with Crippen LogP contribution < -0.4 is 14.8 Å². The van der Waals surface area contributed by atoms with E-state index in [9.17, 15) is 9.59 Å². The van der Waals surface area contributed by atoms with Gasteiger partial charge in [0, 0.05) is 37.7 Å². The molecule has 1 aromatic heterocycles. The van der Waals surface area contributed by atoms with Gasteiger partial charge in [0.15, 0.2) is 17.3 Å². The molecule has 5 rings (SSSR count). The lowest BCUT2D eigenvalue weighted by atomic mass is 10.00. The van der Waals surface area contributed by atoms with Crippen LogP contribution in [0.4, 0.5) is 0 Å². The van der Waals surface area contributed by atoms with E-state index < -0.39 is 5.41 Å². The molecule has 1 N–H and O–H groups in total. The number of hydrogen-bond donors (Lipinski definition) is 1. The molecule has 29 heavy (non-hydrogen) atoms. The highest BCUT2D eigenvalue weighted by atomic mass is 16.7. The zero-order chi connectivity index (χ0) is 19.8. The molecule has 8 heteroatoms. The summed E-state index contributed by atoms with van der Waals surface area (Å²) in [4.78, 5) is 26.3. The monoisotopic (exact) mass is 397 g/mol. The molecule has 1 saturated carbocycles. The van der Waals surface area contributed by atoms with Crippen LogP contribution in [0.2, 0.25) is 0 Å². The van der Waals surface area contributed by atoms with Crippen LogP contribution in [0.25, 0.3) is 11.3 Å². The molecule has 2 aliphatic heterocycles. The minimum Gasteiger partial charge on any atom is -0.454 e. The molecule has 0 radical (unpaired) electrons. The van der Waals surface area contributed by atoms with Crippen LogP contribution in [0.3, 0.4) is 0 Å². The van der Waals surface area contributed by atoms with Gasteiger partial charge in [-0.3, -0.25) is 9.59 Å². The number of carbonyl (C=O) groups excluding carboxylic acids is 2. The highest BCUT2D eigenvalue weighted by Gasteiger charge is 2.53. The topological polar surface area (TPSA) is 93.9 Å². The zero-order valence-electron chi connectivity index (χ0n) is 16.1. The Labute approximate surface area is 168 Å². The number of amides is 2. The second-order valence-electron chi connectivity index (χ2n) is 7.82. The van der Waals surface area contributed by atoms with Gasteiger partial charge in [-0.25, -0.2) is 0 Å². The average molecular weight is 397 g/mol. The maximum absolute atomic E-state index is 12.8. The van der Waals surface area contributed by atoms with Crippen LogP contribution in [-0.4, -0.2) is 48.3 Å². The van der Waals surface area contributed by atoms with E-state index in [0.717, 1.165) is 37.8 Å². The molecule has 0 unspecified atom stereocenters. The third kappa shape index (κ3) is 3.32. The zero-order valence-corrected chi connectivity index (χ0v) is 16.1. The number of benzene rings is 1. The predicted octanol–water partition coefficient (Wildman–Crippen LogP) is 2.23. The first-order chi connectivity index (χ1) is 14.2. The van der Waals surface area contributed by atoms with Gasteiger partial charge in [-0.15, -0.1) is 0 Å². The van der Waals surface area contributed by atoms with Crippen LogP contribution >= 0.6 is 0 Å². The number of aromatic nitrogens is 1. The molecule has 1 aliphatic carbocycles. The number of rotatable bonds is 7. The fourth-order valence-electron chi connectivity index (χ4n) is 3.99. The van der Waals surface area contributed by atoms with Crippen molar-refractivity contribution in [2.75, 3.05) is 26.4 Å². The van der Waals surface area contributed by atoms with Gasteiger partial charge in [-0.05, 0) is 43.9 Å². The average Bonchev–Trinajstić information content (AvgIpc) is 3.09. The third-order valence-electron chi connectivity index (χ3n) is 5.90. The molecular formula is C21H23N3O5. The Morgan fingerprint density at radius 2 is 2.07 bits per heavy atom. The highest BCUT2D eigenvalue weighted by Crippen LogP contribution is 2.49. The Hall–Kier alpha value is -3.03. The van der Waals surface area contributed by atoms with Crippen LogP contribution in [0.5, 0.6) is 11.5 Å². The third-order valence-corrected chi connectivity index (χ3v) is 5.90. The van der Waals surface area contributed by atoms with Crippen LogP contribution in [0.15, 0.2) is 28.8 Å². The fraction of sp³-hybridized carbons (Fsp3) is 0.476. The molecule has 8 nitrogen and oxygen atoms in total. The summed E-state index contributed by atoms with van der Waals surface area (Å²) in [6.45, 7) is 2.30. The van der Waals surface area contributed by atoms with Gasteiger partial charge in [0.2, 0.25) is 18.6 Å². The van der Waals surface area contributed by atoms with E-state index in [0.29, 0.717) is 42.5 Å². The van der Waals surface area contributed by atoms with Crippen LogP contribution in [0, 0.1) is 0 Å². The Morgan fingerprint density at radius 3 is 2.86 bits per heavy atom. The molecule has 0 bridgehead atoms. The quantitative estimate of drug-likeness (QED) is 0.720. The summed E-state index contributed by atoms with van der Waals surface area (Å²) in [5.74, 6) is 2.19. The molecule has 3 aliphatic rings. The Morgan fingerprint density at radius 1 is 1.21 bits per heavy atom. The van der Waals surface area contributed by atoms with Gasteiger partial charge in [-0.2, -0.15) is 0 Å². The van der Waals surface area contributed by atoms with E-state index in [1.54, 1.807) is 0 Å². The minimum absolute atomic E-state index is 0.0178. The molecule has 0 spiro atoms. The van der Waals surface area contributed by atoms with E-state index in [2.05, 4.69) is 10.5 Å². The normalized spacial score (nSPS) is 18.9. The largest absolute Gasteiger partial charge is 0.454 e. The van der Waals surface area contributed by atoms with Gasteiger partial charge in [0.25, 0.3) is 0 Å². The highest BCUT2D eigenvalue weighted by molar-refractivity contribution is 5.91. The summed E-state index contributed by atoms with van der Waals surface area (Å²) in [5, 5.41) is 7.19. The van der Waals surface area contributed by atoms with E-state index in [4.69, 9.17) is 14.0 Å². The maximum atomic E-state index is 12.8. The molecule has 1 aromatic carbocycles. The first-order valence-corrected chi connectivity index (χ1v) is 10.1. The van der Waals surface area contributed by atoms with Gasteiger partial charge < -0.3 is 24.2 Å². The van der Waals surface area contributed by atoms with Crippen molar-refractivity contribution in [2.45, 2.75) is 37.5 Å². The van der Waals surface area contributed by atoms with Gasteiger partial charge in [-0.1, -0.05) is 5.16 Å². The van der Waals surface area contributed by atoms with Crippen molar-refractivity contribution < 1.29 is 23.6 Å². The first kappa shape index (κ1) is 18.0. The SMILES string of the molecule is O=C1CCCN1CCCNC(=O)C1(c2cc(-c3ccc4c(c3)OCO4)on2)CC1. The molecule has 2 fully saturated rings. The molecule has 3 heterocycles. The van der Waals surface area contributed by atoms with Gasteiger partial charge in [0.1, 0.15) is 0 Å². The molecular weight excluding hydrogens is 374 g/mol. The van der Waals surface area contributed by atoms with Crippen molar-refractivity contribution in [1.82, 2.24) is 15.4 Å². The van der Waals surface area contributed by atoms with E-state index in [1.807, 2.05) is 29.2 Å². The fourth-order valence-corrected chi connectivity index (χ4v) is 3.99. The van der Waals surface area contributed by atoms with Crippen LogP contribution in [0.1, 0.15) is 37.8 Å². The van der Waals surface area contributed by atoms with Crippen molar-refractivity contribution in [1.29, 1.82) is 0 Å². The molecule has 2 amide bonds. The lowest BCUT2D eigenvalue weighted by molar-refractivity contribution is -0.127. The molecule has 2 aromatic rings. The summed E-state index contributed by atoms with van der Waals surface area (Å²) >= 11 is 0. The maximum Gasteiger partial charge on any atom is 0.232 e. The van der Waals surface area contributed by atoms with Crippen molar-refractivity contribution >= 4 is 11.8 Å². The van der Waals surface area contributed by atoms with E-state index in [-0.39, 0.29) is 18.6 Å². The number of nitrogens with zero attached hydrogens (tertiary/aromatic N) is 2. The number of hydrogen-bond acceptors (Lipinski definition) is 6. The second kappa shape index (κ2) is 7.09.